The standard InChI is InChI=1S/C9H9N3O/c10-12-11-7-1-3-8(4-2-7)13-9-5-6-9/h1-4,9H,5-6H2. The second-order valence-electron chi connectivity index (χ2n) is 3.00. The molecule has 1 aliphatic carbocycles. The molecule has 0 radical (unpaired) electrons. The summed E-state index contributed by atoms with van der Waals surface area (Å²) in [5.41, 5.74) is 8.79. The molecule has 66 valence electrons. The Labute approximate surface area is 75.8 Å². The molecule has 0 aromatic heterocycles. The van der Waals surface area contributed by atoms with Crippen molar-refractivity contribution in [1.82, 2.24) is 0 Å². The minimum atomic E-state index is 0.408. The highest BCUT2D eigenvalue weighted by atomic mass is 16.5. The van der Waals surface area contributed by atoms with E-state index in [2.05, 4.69) is 10.0 Å². The molecule has 0 spiro atoms. The van der Waals surface area contributed by atoms with E-state index in [1.807, 2.05) is 12.1 Å². The Morgan fingerprint density at radius 2 is 2.00 bits per heavy atom. The summed E-state index contributed by atoms with van der Waals surface area (Å²) in [6.45, 7) is 0. The van der Waals surface area contributed by atoms with E-state index >= 15 is 0 Å². The van der Waals surface area contributed by atoms with E-state index in [-0.39, 0.29) is 0 Å². The van der Waals surface area contributed by atoms with E-state index in [9.17, 15) is 0 Å². The minimum Gasteiger partial charge on any atom is -0.490 e. The zero-order valence-corrected chi connectivity index (χ0v) is 7.05. The Morgan fingerprint density at radius 1 is 1.31 bits per heavy atom. The molecule has 4 nitrogen and oxygen atoms in total. The topological polar surface area (TPSA) is 58.0 Å². The summed E-state index contributed by atoms with van der Waals surface area (Å²) in [5, 5.41) is 3.47. The van der Waals surface area contributed by atoms with Crippen molar-refractivity contribution in [3.05, 3.63) is 34.7 Å². The lowest BCUT2D eigenvalue weighted by atomic mass is 10.3. The van der Waals surface area contributed by atoms with Crippen LogP contribution in [0.1, 0.15) is 12.8 Å². The number of hydrogen-bond acceptors (Lipinski definition) is 2. The molecular weight excluding hydrogens is 166 g/mol. The van der Waals surface area contributed by atoms with Crippen LogP contribution in [0.4, 0.5) is 5.69 Å². The van der Waals surface area contributed by atoms with Crippen LogP contribution >= 0.6 is 0 Å². The Kier molecular flexibility index (Phi) is 2.06. The first-order valence-electron chi connectivity index (χ1n) is 4.20. The number of nitrogens with zero attached hydrogens (tertiary/aromatic N) is 3. The molecule has 4 heteroatoms. The van der Waals surface area contributed by atoms with Gasteiger partial charge in [0.05, 0.1) is 6.10 Å². The molecule has 0 aliphatic heterocycles. The average Bonchev–Trinajstić information content (AvgIpc) is 2.93. The van der Waals surface area contributed by atoms with E-state index < -0.39 is 0 Å². The van der Waals surface area contributed by atoms with Crippen molar-refractivity contribution in [3.8, 4) is 5.75 Å². The summed E-state index contributed by atoms with van der Waals surface area (Å²) in [4.78, 5) is 2.69. The first-order valence-corrected chi connectivity index (χ1v) is 4.20. The van der Waals surface area contributed by atoms with Crippen LogP contribution in [0.25, 0.3) is 10.4 Å². The summed E-state index contributed by atoms with van der Waals surface area (Å²) in [6.07, 6.45) is 2.71. The summed E-state index contributed by atoms with van der Waals surface area (Å²) < 4.78 is 5.52. The fourth-order valence-electron chi connectivity index (χ4n) is 1.02. The van der Waals surface area contributed by atoms with Gasteiger partial charge >= 0.3 is 0 Å². The smallest absolute Gasteiger partial charge is 0.119 e. The van der Waals surface area contributed by atoms with Gasteiger partial charge < -0.3 is 4.74 Å². The third-order valence-electron chi connectivity index (χ3n) is 1.82. The van der Waals surface area contributed by atoms with Crippen LogP contribution in [0, 0.1) is 0 Å². The maximum atomic E-state index is 8.17. The summed E-state index contributed by atoms with van der Waals surface area (Å²) in [6, 6.07) is 7.14. The maximum Gasteiger partial charge on any atom is 0.119 e. The van der Waals surface area contributed by atoms with Crippen LogP contribution in [-0.2, 0) is 0 Å². The van der Waals surface area contributed by atoms with Gasteiger partial charge in [0.25, 0.3) is 0 Å². The fourth-order valence-corrected chi connectivity index (χ4v) is 1.02. The predicted octanol–water partition coefficient (Wildman–Crippen LogP) is 3.17. The number of ether oxygens (including phenoxy) is 1. The fraction of sp³-hybridized carbons (Fsp3) is 0.333. The van der Waals surface area contributed by atoms with E-state index in [0.717, 1.165) is 18.6 Å². The molecule has 0 saturated heterocycles. The van der Waals surface area contributed by atoms with Crippen molar-refractivity contribution in [2.75, 3.05) is 0 Å². The first-order chi connectivity index (χ1) is 6.38. The molecule has 13 heavy (non-hydrogen) atoms. The number of rotatable bonds is 3. The highest BCUT2D eigenvalue weighted by Gasteiger charge is 2.23. The lowest BCUT2D eigenvalue weighted by molar-refractivity contribution is 0.303. The van der Waals surface area contributed by atoms with Crippen molar-refractivity contribution in [2.24, 2.45) is 5.11 Å². The van der Waals surface area contributed by atoms with Crippen molar-refractivity contribution in [3.63, 3.8) is 0 Å². The number of azide groups is 1. The Balaban J connectivity index is 2.07. The van der Waals surface area contributed by atoms with Crippen LogP contribution in [0.15, 0.2) is 29.4 Å². The van der Waals surface area contributed by atoms with Crippen molar-refractivity contribution in [2.45, 2.75) is 18.9 Å². The van der Waals surface area contributed by atoms with Crippen LogP contribution in [-0.4, -0.2) is 6.10 Å². The first kappa shape index (κ1) is 7.95. The Morgan fingerprint density at radius 3 is 2.54 bits per heavy atom. The molecule has 1 aliphatic rings. The monoisotopic (exact) mass is 175 g/mol. The van der Waals surface area contributed by atoms with Gasteiger partial charge in [-0.05, 0) is 42.6 Å². The number of hydrogen-bond donors (Lipinski definition) is 0. The van der Waals surface area contributed by atoms with Crippen molar-refractivity contribution >= 4 is 5.69 Å². The molecule has 2 rings (SSSR count). The zero-order chi connectivity index (χ0) is 9.10. The average molecular weight is 175 g/mol. The van der Waals surface area contributed by atoms with Gasteiger partial charge in [0.15, 0.2) is 0 Å². The van der Waals surface area contributed by atoms with Crippen molar-refractivity contribution in [1.29, 1.82) is 0 Å². The molecule has 0 amide bonds. The van der Waals surface area contributed by atoms with Gasteiger partial charge in [-0.2, -0.15) is 0 Å². The second kappa shape index (κ2) is 3.37. The molecule has 0 atom stereocenters. The summed E-state index contributed by atoms with van der Waals surface area (Å²) >= 11 is 0. The third-order valence-corrected chi connectivity index (χ3v) is 1.82. The van der Waals surface area contributed by atoms with E-state index in [1.54, 1.807) is 12.1 Å². The van der Waals surface area contributed by atoms with Crippen LogP contribution in [0.3, 0.4) is 0 Å². The van der Waals surface area contributed by atoms with Gasteiger partial charge in [0, 0.05) is 10.6 Å². The van der Waals surface area contributed by atoms with Gasteiger partial charge in [-0.25, -0.2) is 0 Å². The Hall–Kier alpha value is -1.67. The molecule has 0 unspecified atom stereocenters. The van der Waals surface area contributed by atoms with Crippen LogP contribution in [0.5, 0.6) is 5.75 Å². The van der Waals surface area contributed by atoms with Gasteiger partial charge in [0.2, 0.25) is 0 Å². The quantitative estimate of drug-likeness (QED) is 0.395. The van der Waals surface area contributed by atoms with Crippen molar-refractivity contribution < 1.29 is 4.74 Å². The summed E-state index contributed by atoms with van der Waals surface area (Å²) in [7, 11) is 0. The molecule has 1 fully saturated rings. The molecule has 0 N–H and O–H groups in total. The lowest BCUT2D eigenvalue weighted by Gasteiger charge is -2.02. The lowest BCUT2D eigenvalue weighted by Crippen LogP contribution is -1.94. The minimum absolute atomic E-state index is 0.408. The molecule has 1 aromatic rings. The molecule has 1 aromatic carbocycles. The molecule has 1 saturated carbocycles. The van der Waals surface area contributed by atoms with E-state index in [1.165, 1.54) is 0 Å². The van der Waals surface area contributed by atoms with Gasteiger partial charge in [-0.15, -0.1) is 0 Å². The normalized spacial score (nSPS) is 14.8. The second-order valence-corrected chi connectivity index (χ2v) is 3.00. The largest absolute Gasteiger partial charge is 0.490 e. The number of benzene rings is 1. The van der Waals surface area contributed by atoms with Crippen LogP contribution < -0.4 is 4.74 Å². The van der Waals surface area contributed by atoms with Gasteiger partial charge in [0.1, 0.15) is 5.75 Å². The summed E-state index contributed by atoms with van der Waals surface area (Å²) in [5.74, 6) is 0.847. The van der Waals surface area contributed by atoms with Crippen LogP contribution in [0.2, 0.25) is 0 Å². The van der Waals surface area contributed by atoms with Gasteiger partial charge in [-0.1, -0.05) is 5.11 Å². The zero-order valence-electron chi connectivity index (χ0n) is 7.05. The highest BCUT2D eigenvalue weighted by Crippen LogP contribution is 2.27. The molecule has 0 bridgehead atoms. The van der Waals surface area contributed by atoms with E-state index in [0.29, 0.717) is 11.8 Å². The molecule has 0 heterocycles. The van der Waals surface area contributed by atoms with E-state index in [4.69, 9.17) is 10.3 Å². The molecular formula is C9H9N3O. The highest BCUT2D eigenvalue weighted by molar-refractivity contribution is 5.41. The Bertz CT molecular complexity index is 336. The third kappa shape index (κ3) is 2.13. The maximum absolute atomic E-state index is 8.17. The predicted molar refractivity (Wildman–Crippen MR) is 48.9 cm³/mol. The van der Waals surface area contributed by atoms with Gasteiger partial charge in [-0.3, -0.25) is 0 Å². The SMILES string of the molecule is [N-]=[N+]=Nc1ccc(OC2CC2)cc1.